The van der Waals surface area contributed by atoms with Gasteiger partial charge in [0.1, 0.15) is 5.82 Å². The van der Waals surface area contributed by atoms with Crippen molar-refractivity contribution in [2.75, 3.05) is 31.1 Å². The third kappa shape index (κ3) is 5.41. The van der Waals surface area contributed by atoms with Gasteiger partial charge >= 0.3 is 0 Å². The van der Waals surface area contributed by atoms with E-state index in [0.717, 1.165) is 56.3 Å². The van der Waals surface area contributed by atoms with Crippen molar-refractivity contribution >= 4 is 41.3 Å². The van der Waals surface area contributed by atoms with Gasteiger partial charge in [0.15, 0.2) is 11.6 Å². The molecule has 1 saturated heterocycles. The van der Waals surface area contributed by atoms with Gasteiger partial charge in [-0.25, -0.2) is 0 Å². The smallest absolute Gasteiger partial charge is 0.191 e. The summed E-state index contributed by atoms with van der Waals surface area (Å²) in [7, 11) is 1.96. The molecular weight excluding hydrogens is 493 g/mol. The third-order valence-electron chi connectivity index (χ3n) is 5.15. The highest BCUT2D eigenvalue weighted by Gasteiger charge is 2.21. The maximum absolute atomic E-state index is 4.77. The summed E-state index contributed by atoms with van der Waals surface area (Å²) in [6.45, 7) is 5.59. The van der Waals surface area contributed by atoms with Gasteiger partial charge in [0.25, 0.3) is 0 Å². The fourth-order valence-corrected chi connectivity index (χ4v) is 3.74. The molecule has 0 spiro atoms. The molecule has 4 rings (SSSR count). The summed E-state index contributed by atoms with van der Waals surface area (Å²) >= 11 is 0. The normalized spacial score (nSPS) is 17.1. The molecule has 0 saturated carbocycles. The Labute approximate surface area is 194 Å². The molecule has 4 heterocycles. The molecule has 1 aliphatic heterocycles. The van der Waals surface area contributed by atoms with Crippen LogP contribution in [0.15, 0.2) is 41.8 Å². The SMILES string of the molecule is CCNC(=NCCc1nnc2ccccn12)NC1CCCN(c2cnn(C)c2)C1.I. The molecular formula is C20H30IN9. The van der Waals surface area contributed by atoms with E-state index >= 15 is 0 Å². The molecule has 162 valence electrons. The Morgan fingerprint density at radius 3 is 3.00 bits per heavy atom. The van der Waals surface area contributed by atoms with Crippen molar-refractivity contribution < 1.29 is 0 Å². The van der Waals surface area contributed by atoms with Crippen molar-refractivity contribution in [1.82, 2.24) is 35.0 Å². The number of piperidine rings is 1. The van der Waals surface area contributed by atoms with Crippen LogP contribution in [0.25, 0.3) is 5.65 Å². The van der Waals surface area contributed by atoms with Crippen molar-refractivity contribution in [3.05, 3.63) is 42.6 Å². The van der Waals surface area contributed by atoms with Crippen LogP contribution < -0.4 is 15.5 Å². The summed E-state index contributed by atoms with van der Waals surface area (Å²) < 4.78 is 3.87. The van der Waals surface area contributed by atoms with Crippen LogP contribution in [-0.2, 0) is 13.5 Å². The second-order valence-corrected chi connectivity index (χ2v) is 7.36. The molecule has 10 heteroatoms. The maximum Gasteiger partial charge on any atom is 0.191 e. The molecule has 3 aromatic heterocycles. The molecule has 0 amide bonds. The number of fused-ring (bicyclic) bond motifs is 1. The van der Waals surface area contributed by atoms with E-state index in [1.807, 2.05) is 46.7 Å². The minimum atomic E-state index is 0. The number of guanidine groups is 1. The van der Waals surface area contributed by atoms with E-state index in [4.69, 9.17) is 4.99 Å². The average Bonchev–Trinajstić information content (AvgIpc) is 3.35. The Morgan fingerprint density at radius 2 is 2.20 bits per heavy atom. The van der Waals surface area contributed by atoms with E-state index in [1.165, 1.54) is 5.69 Å². The van der Waals surface area contributed by atoms with Gasteiger partial charge in [-0.15, -0.1) is 34.2 Å². The molecule has 0 bridgehead atoms. The Hall–Kier alpha value is -2.37. The lowest BCUT2D eigenvalue weighted by Gasteiger charge is -2.34. The first-order chi connectivity index (χ1) is 14.2. The molecule has 1 unspecified atom stereocenters. The first-order valence-electron chi connectivity index (χ1n) is 10.3. The zero-order valence-corrected chi connectivity index (χ0v) is 19.9. The van der Waals surface area contributed by atoms with Crippen LogP contribution >= 0.6 is 24.0 Å². The number of anilines is 1. The Kier molecular flexibility index (Phi) is 7.88. The Bertz CT molecular complexity index is 964. The first-order valence-corrected chi connectivity index (χ1v) is 10.3. The number of hydrogen-bond donors (Lipinski definition) is 2. The van der Waals surface area contributed by atoms with Crippen molar-refractivity contribution in [1.29, 1.82) is 0 Å². The zero-order chi connectivity index (χ0) is 20.1. The van der Waals surface area contributed by atoms with Crippen LogP contribution in [0.4, 0.5) is 5.69 Å². The summed E-state index contributed by atoms with van der Waals surface area (Å²) in [6.07, 6.45) is 9.03. The van der Waals surface area contributed by atoms with Gasteiger partial charge in [-0.05, 0) is 31.9 Å². The highest BCUT2D eigenvalue weighted by Crippen LogP contribution is 2.18. The predicted molar refractivity (Wildman–Crippen MR) is 130 cm³/mol. The quantitative estimate of drug-likeness (QED) is 0.292. The molecule has 3 aromatic rings. The van der Waals surface area contributed by atoms with Crippen LogP contribution in [0.5, 0.6) is 0 Å². The van der Waals surface area contributed by atoms with E-state index in [9.17, 15) is 0 Å². The maximum atomic E-state index is 4.77. The average molecular weight is 523 g/mol. The van der Waals surface area contributed by atoms with Gasteiger partial charge in [-0.2, -0.15) is 5.10 Å². The van der Waals surface area contributed by atoms with E-state index < -0.39 is 0 Å². The Morgan fingerprint density at radius 1 is 1.30 bits per heavy atom. The number of aromatic nitrogens is 5. The molecule has 0 aliphatic carbocycles. The van der Waals surface area contributed by atoms with Crippen LogP contribution in [0.2, 0.25) is 0 Å². The highest BCUT2D eigenvalue weighted by molar-refractivity contribution is 14.0. The molecule has 30 heavy (non-hydrogen) atoms. The third-order valence-corrected chi connectivity index (χ3v) is 5.15. The fourth-order valence-electron chi connectivity index (χ4n) is 3.74. The van der Waals surface area contributed by atoms with Gasteiger partial charge in [0, 0.05) is 58.1 Å². The number of pyridine rings is 1. The number of nitrogens with zero attached hydrogens (tertiary/aromatic N) is 7. The van der Waals surface area contributed by atoms with Gasteiger partial charge in [-0.1, -0.05) is 6.07 Å². The van der Waals surface area contributed by atoms with Gasteiger partial charge in [0.2, 0.25) is 0 Å². The number of nitrogens with one attached hydrogen (secondary N) is 2. The van der Waals surface area contributed by atoms with E-state index in [0.29, 0.717) is 12.6 Å². The molecule has 0 radical (unpaired) electrons. The van der Waals surface area contributed by atoms with Crippen LogP contribution in [-0.4, -0.2) is 62.6 Å². The number of rotatable bonds is 6. The van der Waals surface area contributed by atoms with E-state index in [1.54, 1.807) is 0 Å². The molecule has 2 N–H and O–H groups in total. The number of halogens is 1. The topological polar surface area (TPSA) is 87.7 Å². The largest absolute Gasteiger partial charge is 0.367 e. The number of hydrogen-bond acceptors (Lipinski definition) is 5. The monoisotopic (exact) mass is 523 g/mol. The minimum absolute atomic E-state index is 0. The van der Waals surface area contributed by atoms with Crippen molar-refractivity contribution in [3.8, 4) is 0 Å². The molecule has 1 fully saturated rings. The summed E-state index contributed by atoms with van der Waals surface area (Å²) in [5, 5.41) is 19.8. The molecule has 0 aromatic carbocycles. The van der Waals surface area contributed by atoms with E-state index in [-0.39, 0.29) is 24.0 Å². The second-order valence-electron chi connectivity index (χ2n) is 7.36. The van der Waals surface area contributed by atoms with Crippen molar-refractivity contribution in [2.45, 2.75) is 32.2 Å². The summed E-state index contributed by atoms with van der Waals surface area (Å²) in [5.41, 5.74) is 2.05. The van der Waals surface area contributed by atoms with Crippen LogP contribution in [0.3, 0.4) is 0 Å². The van der Waals surface area contributed by atoms with Crippen molar-refractivity contribution in [3.63, 3.8) is 0 Å². The lowest BCUT2D eigenvalue weighted by molar-refractivity contribution is 0.468. The summed E-state index contributed by atoms with van der Waals surface area (Å²) in [4.78, 5) is 7.16. The molecule has 1 atom stereocenters. The lowest BCUT2D eigenvalue weighted by atomic mass is 10.1. The number of aliphatic imine (C=N–C) groups is 1. The first kappa shape index (κ1) is 22.3. The molecule has 9 nitrogen and oxygen atoms in total. The molecule has 1 aliphatic rings. The summed E-state index contributed by atoms with van der Waals surface area (Å²) in [6, 6.07) is 6.28. The minimum Gasteiger partial charge on any atom is -0.367 e. The standard InChI is InChI=1S/C20H29N9.HI/c1-3-21-20(22-10-9-19-26-25-18-8-4-5-12-29(18)19)24-16-7-6-11-28(14-16)17-13-23-27(2)15-17;/h4-5,8,12-13,15-16H,3,6-7,9-11,14H2,1-2H3,(H2,21,22,24);1H. The summed E-state index contributed by atoms with van der Waals surface area (Å²) in [5.74, 6) is 1.79. The van der Waals surface area contributed by atoms with E-state index in [2.05, 4.69) is 44.0 Å². The Balaban J connectivity index is 0.00000256. The van der Waals surface area contributed by atoms with Gasteiger partial charge in [-0.3, -0.25) is 14.1 Å². The van der Waals surface area contributed by atoms with Gasteiger partial charge < -0.3 is 15.5 Å². The van der Waals surface area contributed by atoms with Crippen molar-refractivity contribution in [2.24, 2.45) is 12.0 Å². The highest BCUT2D eigenvalue weighted by atomic mass is 127. The van der Waals surface area contributed by atoms with Gasteiger partial charge in [0.05, 0.1) is 11.9 Å². The second kappa shape index (κ2) is 10.6. The van der Waals surface area contributed by atoms with Crippen LogP contribution in [0.1, 0.15) is 25.6 Å². The fraction of sp³-hybridized carbons (Fsp3) is 0.500. The number of aryl methyl sites for hydroxylation is 1. The lowest BCUT2D eigenvalue weighted by Crippen LogP contribution is -2.51. The zero-order valence-electron chi connectivity index (χ0n) is 17.5. The van der Waals surface area contributed by atoms with Crippen LogP contribution in [0, 0.1) is 0 Å². The predicted octanol–water partition coefficient (Wildman–Crippen LogP) is 1.85.